The molecule has 0 heterocycles. The molecule has 1 aromatic carbocycles. The Morgan fingerprint density at radius 1 is 1.19 bits per heavy atom. The Balaban J connectivity index is 1.87. The van der Waals surface area contributed by atoms with Crippen molar-refractivity contribution >= 4 is 23.1 Å². The van der Waals surface area contributed by atoms with Gasteiger partial charge in [-0.1, -0.05) is 43.3 Å². The second kappa shape index (κ2) is 7.28. The molecule has 0 saturated heterocycles. The van der Waals surface area contributed by atoms with E-state index in [4.69, 9.17) is 0 Å². The van der Waals surface area contributed by atoms with Gasteiger partial charge in [0.05, 0.1) is 0 Å². The Bertz CT molecular complexity index is 509. The highest BCUT2D eigenvalue weighted by molar-refractivity contribution is 7.99. The summed E-state index contributed by atoms with van der Waals surface area (Å²) in [5.74, 6) is 2.52. The second-order valence-corrected chi connectivity index (χ2v) is 7.47. The molecule has 0 radical (unpaired) electrons. The van der Waals surface area contributed by atoms with E-state index in [2.05, 4.69) is 32.0 Å². The van der Waals surface area contributed by atoms with E-state index in [-0.39, 0.29) is 5.41 Å². The van der Waals surface area contributed by atoms with Crippen molar-refractivity contribution < 1.29 is 4.79 Å². The topological polar surface area (TPSA) is 20.3 Å². The van der Waals surface area contributed by atoms with E-state index in [1.54, 1.807) is 0 Å². The van der Waals surface area contributed by atoms with Crippen molar-refractivity contribution in [1.82, 2.24) is 4.90 Å². The zero-order chi connectivity index (χ0) is 15.3. The SMILES string of the molecule is CN(C)CCSCCC1(C)CC=C(c2ccccc2)C1=O. The van der Waals surface area contributed by atoms with Gasteiger partial charge < -0.3 is 4.90 Å². The quantitative estimate of drug-likeness (QED) is 0.716. The van der Waals surface area contributed by atoms with Crippen molar-refractivity contribution in [3.8, 4) is 0 Å². The molecular formula is C18H25NOS. The summed E-state index contributed by atoms with van der Waals surface area (Å²) >= 11 is 1.95. The minimum absolute atomic E-state index is 0.198. The fraction of sp³-hybridized carbons (Fsp3) is 0.500. The molecule has 1 aromatic rings. The first-order valence-corrected chi connectivity index (χ1v) is 8.71. The monoisotopic (exact) mass is 303 g/mol. The Kier molecular flexibility index (Phi) is 5.65. The van der Waals surface area contributed by atoms with Gasteiger partial charge in [0.25, 0.3) is 0 Å². The molecule has 0 aromatic heterocycles. The summed E-state index contributed by atoms with van der Waals surface area (Å²) in [4.78, 5) is 14.9. The first-order chi connectivity index (χ1) is 10.0. The number of ketones is 1. The van der Waals surface area contributed by atoms with Gasteiger partial charge in [0.15, 0.2) is 5.78 Å². The minimum atomic E-state index is -0.198. The largest absolute Gasteiger partial charge is 0.309 e. The van der Waals surface area contributed by atoms with Crippen molar-refractivity contribution in [2.24, 2.45) is 5.41 Å². The molecular weight excluding hydrogens is 278 g/mol. The van der Waals surface area contributed by atoms with Crippen LogP contribution < -0.4 is 0 Å². The third-order valence-electron chi connectivity index (χ3n) is 4.12. The summed E-state index contributed by atoms with van der Waals surface area (Å²) in [5.41, 5.74) is 1.78. The second-order valence-electron chi connectivity index (χ2n) is 6.24. The van der Waals surface area contributed by atoms with E-state index in [1.165, 1.54) is 0 Å². The number of carbonyl (C=O) groups excluding carboxylic acids is 1. The van der Waals surface area contributed by atoms with Crippen LogP contribution in [0, 0.1) is 5.41 Å². The van der Waals surface area contributed by atoms with Gasteiger partial charge in [-0.05, 0) is 38.3 Å². The maximum Gasteiger partial charge on any atom is 0.169 e. The van der Waals surface area contributed by atoms with Gasteiger partial charge in [-0.15, -0.1) is 0 Å². The van der Waals surface area contributed by atoms with Crippen molar-refractivity contribution in [1.29, 1.82) is 0 Å². The van der Waals surface area contributed by atoms with E-state index < -0.39 is 0 Å². The highest BCUT2D eigenvalue weighted by Crippen LogP contribution is 2.41. The van der Waals surface area contributed by atoms with Crippen LogP contribution in [0.1, 0.15) is 25.3 Å². The number of allylic oxidation sites excluding steroid dienone is 2. The number of Topliss-reactive ketones (excluding diaryl/α,β-unsaturated/α-hetero) is 1. The first kappa shape index (κ1) is 16.3. The number of rotatable bonds is 7. The number of carbonyl (C=O) groups is 1. The maximum absolute atomic E-state index is 12.7. The van der Waals surface area contributed by atoms with E-state index in [1.807, 2.05) is 42.1 Å². The molecule has 0 spiro atoms. The number of benzene rings is 1. The van der Waals surface area contributed by atoms with Crippen LogP contribution in [0.25, 0.3) is 5.57 Å². The molecule has 0 N–H and O–H groups in total. The fourth-order valence-corrected chi connectivity index (χ4v) is 3.86. The van der Waals surface area contributed by atoms with E-state index in [0.29, 0.717) is 5.78 Å². The highest BCUT2D eigenvalue weighted by Gasteiger charge is 2.38. The number of nitrogens with zero attached hydrogens (tertiary/aromatic N) is 1. The van der Waals surface area contributed by atoms with Crippen LogP contribution in [-0.2, 0) is 4.79 Å². The van der Waals surface area contributed by atoms with Crippen LogP contribution >= 0.6 is 11.8 Å². The molecule has 0 bridgehead atoms. The summed E-state index contributed by atoms with van der Waals surface area (Å²) in [5, 5.41) is 0. The lowest BCUT2D eigenvalue weighted by Crippen LogP contribution is -2.25. The highest BCUT2D eigenvalue weighted by atomic mass is 32.2. The summed E-state index contributed by atoms with van der Waals surface area (Å²) in [6, 6.07) is 10.0. The summed E-state index contributed by atoms with van der Waals surface area (Å²) in [6.07, 6.45) is 3.98. The Morgan fingerprint density at radius 2 is 1.90 bits per heavy atom. The van der Waals surface area contributed by atoms with Gasteiger partial charge in [0, 0.05) is 23.3 Å². The number of hydrogen-bond donors (Lipinski definition) is 0. The van der Waals surface area contributed by atoms with Crippen molar-refractivity contribution in [2.45, 2.75) is 19.8 Å². The van der Waals surface area contributed by atoms with Crippen molar-refractivity contribution in [2.75, 3.05) is 32.1 Å². The lowest BCUT2D eigenvalue weighted by atomic mass is 9.82. The van der Waals surface area contributed by atoms with Crippen LogP contribution in [-0.4, -0.2) is 42.8 Å². The molecule has 21 heavy (non-hydrogen) atoms. The number of hydrogen-bond acceptors (Lipinski definition) is 3. The molecule has 3 heteroatoms. The molecule has 1 atom stereocenters. The lowest BCUT2D eigenvalue weighted by molar-refractivity contribution is -0.121. The predicted molar refractivity (Wildman–Crippen MR) is 92.6 cm³/mol. The van der Waals surface area contributed by atoms with Crippen LogP contribution in [0.15, 0.2) is 36.4 Å². The lowest BCUT2D eigenvalue weighted by Gasteiger charge is -2.22. The zero-order valence-electron chi connectivity index (χ0n) is 13.3. The third-order valence-corrected chi connectivity index (χ3v) is 5.08. The maximum atomic E-state index is 12.7. The smallest absolute Gasteiger partial charge is 0.169 e. The van der Waals surface area contributed by atoms with E-state index >= 15 is 0 Å². The van der Waals surface area contributed by atoms with Gasteiger partial charge in [-0.25, -0.2) is 0 Å². The molecule has 1 unspecified atom stereocenters. The molecule has 0 saturated carbocycles. The Labute approximate surface area is 132 Å². The standard InChI is InChI=1S/C18H25NOS/c1-18(11-13-21-14-12-19(2)3)10-9-16(17(18)20)15-7-5-4-6-8-15/h4-9H,10-14H2,1-3H3. The van der Waals surface area contributed by atoms with Gasteiger partial charge in [-0.3, -0.25) is 4.79 Å². The Hall–Kier alpha value is -1.06. The van der Waals surface area contributed by atoms with Gasteiger partial charge in [0.2, 0.25) is 0 Å². The summed E-state index contributed by atoms with van der Waals surface area (Å²) < 4.78 is 0. The van der Waals surface area contributed by atoms with Crippen molar-refractivity contribution in [3.63, 3.8) is 0 Å². The average Bonchev–Trinajstić information content (AvgIpc) is 2.76. The summed E-state index contributed by atoms with van der Waals surface area (Å²) in [6.45, 7) is 3.22. The van der Waals surface area contributed by atoms with E-state index in [0.717, 1.165) is 42.0 Å². The molecule has 1 aliphatic carbocycles. The third kappa shape index (κ3) is 4.21. The van der Waals surface area contributed by atoms with Crippen molar-refractivity contribution in [3.05, 3.63) is 42.0 Å². The predicted octanol–water partition coefficient (Wildman–Crippen LogP) is 3.73. The fourth-order valence-electron chi connectivity index (χ4n) is 2.57. The minimum Gasteiger partial charge on any atom is -0.309 e. The van der Waals surface area contributed by atoms with Gasteiger partial charge >= 0.3 is 0 Å². The van der Waals surface area contributed by atoms with Crippen LogP contribution in [0.4, 0.5) is 0 Å². The van der Waals surface area contributed by atoms with E-state index in [9.17, 15) is 4.79 Å². The first-order valence-electron chi connectivity index (χ1n) is 7.56. The molecule has 1 aliphatic rings. The van der Waals surface area contributed by atoms with Gasteiger partial charge in [0.1, 0.15) is 0 Å². The Morgan fingerprint density at radius 3 is 2.57 bits per heavy atom. The molecule has 114 valence electrons. The molecule has 2 nitrogen and oxygen atoms in total. The molecule has 0 aliphatic heterocycles. The van der Waals surface area contributed by atoms with Gasteiger partial charge in [-0.2, -0.15) is 11.8 Å². The molecule has 0 fully saturated rings. The van der Waals surface area contributed by atoms with Crippen LogP contribution in [0.2, 0.25) is 0 Å². The number of thioether (sulfide) groups is 1. The molecule has 2 rings (SSSR count). The molecule has 0 amide bonds. The average molecular weight is 303 g/mol. The van der Waals surface area contributed by atoms with Crippen LogP contribution in [0.3, 0.4) is 0 Å². The summed E-state index contributed by atoms with van der Waals surface area (Å²) in [7, 11) is 4.19. The normalized spacial score (nSPS) is 21.9. The zero-order valence-corrected chi connectivity index (χ0v) is 14.1. The van der Waals surface area contributed by atoms with Crippen LogP contribution in [0.5, 0.6) is 0 Å².